The zero-order chi connectivity index (χ0) is 15.9. The SMILES string of the molecule is NCc1nc(-c2cc3c(Br)cccc3n2CC(F)(F)F)no1. The molecule has 1 aromatic carbocycles. The van der Waals surface area contributed by atoms with E-state index in [-0.39, 0.29) is 24.0 Å². The Morgan fingerprint density at radius 1 is 1.32 bits per heavy atom. The van der Waals surface area contributed by atoms with E-state index in [1.807, 2.05) is 0 Å². The van der Waals surface area contributed by atoms with Gasteiger partial charge in [0.25, 0.3) is 0 Å². The number of nitrogens with two attached hydrogens (primary N) is 1. The van der Waals surface area contributed by atoms with Gasteiger partial charge in [0.15, 0.2) is 0 Å². The molecule has 0 fully saturated rings. The average Bonchev–Trinajstić information content (AvgIpc) is 3.03. The van der Waals surface area contributed by atoms with Gasteiger partial charge < -0.3 is 14.8 Å². The molecule has 9 heteroatoms. The molecule has 22 heavy (non-hydrogen) atoms. The van der Waals surface area contributed by atoms with Gasteiger partial charge in [0.05, 0.1) is 17.8 Å². The molecule has 2 N–H and O–H groups in total. The first-order chi connectivity index (χ1) is 10.4. The maximum absolute atomic E-state index is 12.9. The number of rotatable bonds is 3. The zero-order valence-electron chi connectivity index (χ0n) is 11.1. The summed E-state index contributed by atoms with van der Waals surface area (Å²) in [7, 11) is 0. The monoisotopic (exact) mass is 374 g/mol. The Kier molecular flexibility index (Phi) is 3.69. The lowest BCUT2D eigenvalue weighted by atomic mass is 10.2. The van der Waals surface area contributed by atoms with Crippen molar-refractivity contribution in [3.05, 3.63) is 34.6 Å². The predicted octanol–water partition coefficient (Wildman–Crippen LogP) is 3.47. The predicted molar refractivity (Wildman–Crippen MR) is 76.9 cm³/mol. The van der Waals surface area contributed by atoms with Crippen LogP contribution in [0.1, 0.15) is 5.89 Å². The summed E-state index contributed by atoms with van der Waals surface area (Å²) in [4.78, 5) is 4.01. The van der Waals surface area contributed by atoms with Gasteiger partial charge in [0, 0.05) is 9.86 Å². The van der Waals surface area contributed by atoms with Crippen LogP contribution in [0.15, 0.2) is 33.3 Å². The minimum Gasteiger partial charge on any atom is -0.338 e. The fraction of sp³-hybridized carbons (Fsp3) is 0.231. The van der Waals surface area contributed by atoms with E-state index in [9.17, 15) is 13.2 Å². The number of hydrogen-bond donors (Lipinski definition) is 1. The van der Waals surface area contributed by atoms with E-state index >= 15 is 0 Å². The minimum atomic E-state index is -4.37. The van der Waals surface area contributed by atoms with Crippen LogP contribution in [0.5, 0.6) is 0 Å². The smallest absolute Gasteiger partial charge is 0.338 e. The van der Waals surface area contributed by atoms with E-state index in [1.54, 1.807) is 24.3 Å². The topological polar surface area (TPSA) is 69.9 Å². The molecule has 2 aromatic heterocycles. The molecular weight excluding hydrogens is 365 g/mol. The highest BCUT2D eigenvalue weighted by atomic mass is 79.9. The molecule has 0 saturated heterocycles. The van der Waals surface area contributed by atoms with Crippen LogP contribution in [0.2, 0.25) is 0 Å². The summed E-state index contributed by atoms with van der Waals surface area (Å²) in [6.45, 7) is -1.12. The summed E-state index contributed by atoms with van der Waals surface area (Å²) < 4.78 is 45.4. The van der Waals surface area contributed by atoms with Gasteiger partial charge in [-0.2, -0.15) is 18.2 Å². The summed E-state index contributed by atoms with van der Waals surface area (Å²) in [6, 6.07) is 6.63. The Bertz CT molecular complexity index is 824. The van der Waals surface area contributed by atoms with Crippen molar-refractivity contribution in [3.63, 3.8) is 0 Å². The van der Waals surface area contributed by atoms with Gasteiger partial charge in [-0.25, -0.2) is 0 Å². The number of benzene rings is 1. The Balaban J connectivity index is 2.23. The van der Waals surface area contributed by atoms with Gasteiger partial charge in [-0.1, -0.05) is 27.2 Å². The number of alkyl halides is 3. The van der Waals surface area contributed by atoms with Crippen LogP contribution in [0.4, 0.5) is 13.2 Å². The standard InChI is InChI=1S/C13H10BrF3N4O/c14-8-2-1-3-9-7(8)4-10(21(9)6-13(15,16)17)12-19-11(5-18)22-20-12/h1-4H,5-6,18H2. The molecule has 3 aromatic rings. The third-order valence-electron chi connectivity index (χ3n) is 3.10. The van der Waals surface area contributed by atoms with E-state index in [0.717, 1.165) is 4.57 Å². The molecule has 0 radical (unpaired) electrons. The Labute approximate surface area is 131 Å². The molecule has 5 nitrogen and oxygen atoms in total. The van der Waals surface area contributed by atoms with Crippen molar-refractivity contribution in [3.8, 4) is 11.5 Å². The third kappa shape index (κ3) is 2.73. The lowest BCUT2D eigenvalue weighted by Gasteiger charge is -2.11. The fourth-order valence-electron chi connectivity index (χ4n) is 2.23. The Morgan fingerprint density at radius 2 is 2.09 bits per heavy atom. The summed E-state index contributed by atoms with van der Waals surface area (Å²) in [5, 5.41) is 4.34. The Morgan fingerprint density at radius 3 is 2.73 bits per heavy atom. The molecule has 2 heterocycles. The van der Waals surface area contributed by atoms with Crippen molar-refractivity contribution in [2.24, 2.45) is 5.73 Å². The average molecular weight is 375 g/mol. The first-order valence-corrected chi connectivity index (χ1v) is 7.06. The van der Waals surface area contributed by atoms with E-state index in [0.29, 0.717) is 15.4 Å². The molecular formula is C13H10BrF3N4O. The summed E-state index contributed by atoms with van der Waals surface area (Å²) in [5.74, 6) is 0.241. The van der Waals surface area contributed by atoms with Crippen LogP contribution in [-0.4, -0.2) is 20.9 Å². The van der Waals surface area contributed by atoms with E-state index in [4.69, 9.17) is 10.3 Å². The van der Waals surface area contributed by atoms with Crippen molar-refractivity contribution in [1.82, 2.24) is 14.7 Å². The molecule has 116 valence electrons. The molecule has 0 saturated carbocycles. The summed E-state index contributed by atoms with van der Waals surface area (Å²) in [5.41, 5.74) is 6.05. The molecule has 0 aliphatic heterocycles. The quantitative estimate of drug-likeness (QED) is 0.761. The molecule has 0 atom stereocenters. The maximum Gasteiger partial charge on any atom is 0.406 e. The normalized spacial score (nSPS) is 12.2. The maximum atomic E-state index is 12.9. The van der Waals surface area contributed by atoms with Gasteiger partial charge in [-0.05, 0) is 18.2 Å². The van der Waals surface area contributed by atoms with Crippen molar-refractivity contribution in [1.29, 1.82) is 0 Å². The first kappa shape index (κ1) is 15.0. The second kappa shape index (κ2) is 5.40. The fourth-order valence-corrected chi connectivity index (χ4v) is 2.70. The molecule has 0 bridgehead atoms. The summed E-state index contributed by atoms with van der Waals surface area (Å²) >= 11 is 3.34. The minimum absolute atomic E-state index is 0.0240. The lowest BCUT2D eigenvalue weighted by molar-refractivity contribution is -0.139. The van der Waals surface area contributed by atoms with E-state index in [2.05, 4.69) is 26.1 Å². The van der Waals surface area contributed by atoms with Crippen molar-refractivity contribution in [2.75, 3.05) is 0 Å². The number of halogens is 4. The first-order valence-electron chi connectivity index (χ1n) is 6.26. The number of aromatic nitrogens is 3. The van der Waals surface area contributed by atoms with Crippen LogP contribution >= 0.6 is 15.9 Å². The number of fused-ring (bicyclic) bond motifs is 1. The molecule has 0 unspecified atom stereocenters. The van der Waals surface area contributed by atoms with Gasteiger partial charge in [-0.15, -0.1) is 0 Å². The van der Waals surface area contributed by atoms with Crippen LogP contribution in [0.25, 0.3) is 22.4 Å². The van der Waals surface area contributed by atoms with Gasteiger partial charge in [0.1, 0.15) is 6.54 Å². The highest BCUT2D eigenvalue weighted by molar-refractivity contribution is 9.10. The van der Waals surface area contributed by atoms with Crippen molar-refractivity contribution in [2.45, 2.75) is 19.3 Å². The van der Waals surface area contributed by atoms with Crippen molar-refractivity contribution >= 4 is 26.8 Å². The molecule has 3 rings (SSSR count). The molecule has 0 spiro atoms. The van der Waals surface area contributed by atoms with Gasteiger partial charge in [-0.3, -0.25) is 0 Å². The number of nitrogens with zero attached hydrogens (tertiary/aromatic N) is 3. The van der Waals surface area contributed by atoms with Gasteiger partial charge >= 0.3 is 6.18 Å². The van der Waals surface area contributed by atoms with E-state index < -0.39 is 12.7 Å². The molecule has 0 aliphatic rings. The second-order valence-electron chi connectivity index (χ2n) is 4.62. The zero-order valence-corrected chi connectivity index (χ0v) is 12.6. The third-order valence-corrected chi connectivity index (χ3v) is 3.79. The lowest BCUT2D eigenvalue weighted by Crippen LogP contribution is -2.18. The molecule has 0 amide bonds. The van der Waals surface area contributed by atoms with E-state index in [1.165, 1.54) is 0 Å². The Hall–Kier alpha value is -1.87. The van der Waals surface area contributed by atoms with Gasteiger partial charge in [0.2, 0.25) is 11.7 Å². The van der Waals surface area contributed by atoms with Crippen LogP contribution in [-0.2, 0) is 13.1 Å². The largest absolute Gasteiger partial charge is 0.406 e. The molecule has 0 aliphatic carbocycles. The van der Waals surface area contributed by atoms with Crippen LogP contribution in [0.3, 0.4) is 0 Å². The van der Waals surface area contributed by atoms with Crippen molar-refractivity contribution < 1.29 is 17.7 Å². The number of hydrogen-bond acceptors (Lipinski definition) is 4. The van der Waals surface area contributed by atoms with Crippen LogP contribution in [0, 0.1) is 0 Å². The highest BCUT2D eigenvalue weighted by Crippen LogP contribution is 2.33. The second-order valence-corrected chi connectivity index (χ2v) is 5.47. The van der Waals surface area contributed by atoms with Crippen LogP contribution < -0.4 is 5.73 Å². The highest BCUT2D eigenvalue weighted by Gasteiger charge is 2.31. The summed E-state index contributed by atoms with van der Waals surface area (Å²) in [6.07, 6.45) is -4.37.